The van der Waals surface area contributed by atoms with Crippen LogP contribution in [0.15, 0.2) is 12.4 Å². The average molecular weight is 291 g/mol. The Morgan fingerprint density at radius 3 is 2.88 bits per heavy atom. The minimum Gasteiger partial charge on any atom is -0.324 e. The van der Waals surface area contributed by atoms with Crippen LogP contribution in [-0.2, 0) is 13.0 Å². The van der Waals surface area contributed by atoms with E-state index in [9.17, 15) is 0 Å². The van der Waals surface area contributed by atoms with Crippen molar-refractivity contribution in [3.63, 3.8) is 0 Å². The van der Waals surface area contributed by atoms with Crippen LogP contribution in [0.3, 0.4) is 0 Å². The van der Waals surface area contributed by atoms with Gasteiger partial charge in [-0.3, -0.25) is 4.68 Å². The molecule has 0 spiro atoms. The Balaban J connectivity index is 2.17. The molecular weight excluding hydrogens is 279 g/mol. The van der Waals surface area contributed by atoms with Crippen molar-refractivity contribution in [1.29, 1.82) is 0 Å². The van der Waals surface area contributed by atoms with E-state index < -0.39 is 0 Å². The lowest BCUT2D eigenvalue weighted by Gasteiger charge is -2.10. The van der Waals surface area contributed by atoms with Gasteiger partial charge >= 0.3 is 0 Å². The second-order valence-electron chi connectivity index (χ2n) is 3.58. The predicted molar refractivity (Wildman–Crippen MR) is 70.7 cm³/mol. The van der Waals surface area contributed by atoms with Crippen molar-refractivity contribution in [2.24, 2.45) is 5.73 Å². The lowest BCUT2D eigenvalue weighted by molar-refractivity contribution is 0.582. The van der Waals surface area contributed by atoms with Gasteiger partial charge in [0.1, 0.15) is 12.2 Å². The van der Waals surface area contributed by atoms with Crippen molar-refractivity contribution in [2.45, 2.75) is 25.9 Å². The first-order valence-corrected chi connectivity index (χ1v) is 6.76. The lowest BCUT2D eigenvalue weighted by Crippen LogP contribution is -2.16. The predicted octanol–water partition coefficient (Wildman–Crippen LogP) is 2.91. The number of nitrogens with two attached hydrogens (primary N) is 1. The molecule has 0 fully saturated rings. The minimum absolute atomic E-state index is 0.208. The first-order valence-electron chi connectivity index (χ1n) is 5.18. The molecule has 0 amide bonds. The summed E-state index contributed by atoms with van der Waals surface area (Å²) in [6.07, 6.45) is 2.13. The van der Waals surface area contributed by atoms with E-state index in [0.717, 1.165) is 17.9 Å². The molecular formula is C10H12Cl2N4S. The summed E-state index contributed by atoms with van der Waals surface area (Å²) in [5.74, 6) is 0.860. The number of hydrogen-bond acceptors (Lipinski definition) is 4. The Kier molecular flexibility index (Phi) is 4.04. The summed E-state index contributed by atoms with van der Waals surface area (Å²) in [6.45, 7) is 2.79. The van der Waals surface area contributed by atoms with Crippen molar-refractivity contribution >= 4 is 34.5 Å². The monoisotopic (exact) mass is 290 g/mol. The Morgan fingerprint density at radius 2 is 2.29 bits per heavy atom. The molecule has 2 rings (SSSR count). The Bertz CT molecular complexity index is 508. The molecule has 4 nitrogen and oxygen atoms in total. The maximum atomic E-state index is 6.11. The summed E-state index contributed by atoms with van der Waals surface area (Å²) in [5, 5.41) is 4.10. The van der Waals surface area contributed by atoms with Gasteiger partial charge in [-0.05, 0) is 13.0 Å². The zero-order valence-electron chi connectivity index (χ0n) is 9.23. The molecule has 0 saturated heterocycles. The van der Waals surface area contributed by atoms with E-state index in [2.05, 4.69) is 10.1 Å². The third-order valence-corrected chi connectivity index (χ3v) is 4.00. The van der Waals surface area contributed by atoms with Crippen LogP contribution in [0.25, 0.3) is 0 Å². The van der Waals surface area contributed by atoms with Gasteiger partial charge in [-0.1, -0.05) is 23.2 Å². The maximum absolute atomic E-state index is 6.11. The third-order valence-electron chi connectivity index (χ3n) is 2.48. The number of aromatic nitrogens is 3. The summed E-state index contributed by atoms with van der Waals surface area (Å²) >= 11 is 13.3. The summed E-state index contributed by atoms with van der Waals surface area (Å²) in [7, 11) is 0. The standard InChI is InChI=1S/C10H12Cl2N4S/c1-2-16-9(14-5-15-16)4-7(13)6-3-8(11)17-10(6)12/h3,5,7H,2,4,13H2,1H3. The first-order chi connectivity index (χ1) is 8.11. The zero-order valence-corrected chi connectivity index (χ0v) is 11.6. The first kappa shape index (κ1) is 12.8. The molecule has 7 heteroatoms. The van der Waals surface area contributed by atoms with E-state index in [-0.39, 0.29) is 6.04 Å². The van der Waals surface area contributed by atoms with Crippen molar-refractivity contribution < 1.29 is 0 Å². The molecule has 0 radical (unpaired) electrons. The highest BCUT2D eigenvalue weighted by atomic mass is 35.5. The molecule has 1 unspecified atom stereocenters. The van der Waals surface area contributed by atoms with Crippen LogP contribution < -0.4 is 5.73 Å². The topological polar surface area (TPSA) is 56.7 Å². The zero-order chi connectivity index (χ0) is 12.4. The maximum Gasteiger partial charge on any atom is 0.138 e. The Morgan fingerprint density at radius 1 is 1.53 bits per heavy atom. The van der Waals surface area contributed by atoms with Gasteiger partial charge < -0.3 is 5.73 Å². The van der Waals surface area contributed by atoms with Crippen LogP contribution in [0, 0.1) is 0 Å². The van der Waals surface area contributed by atoms with Gasteiger partial charge in [0.2, 0.25) is 0 Å². The van der Waals surface area contributed by atoms with Crippen LogP contribution in [0.1, 0.15) is 24.4 Å². The van der Waals surface area contributed by atoms with Gasteiger partial charge in [0.25, 0.3) is 0 Å². The molecule has 0 aliphatic heterocycles. The van der Waals surface area contributed by atoms with Crippen LogP contribution in [0.2, 0.25) is 8.67 Å². The fraction of sp³-hybridized carbons (Fsp3) is 0.400. The van der Waals surface area contributed by atoms with Crippen LogP contribution in [0.4, 0.5) is 0 Å². The fourth-order valence-corrected chi connectivity index (χ4v) is 3.22. The van der Waals surface area contributed by atoms with E-state index >= 15 is 0 Å². The largest absolute Gasteiger partial charge is 0.324 e. The minimum atomic E-state index is -0.208. The molecule has 2 aromatic heterocycles. The molecule has 2 N–H and O–H groups in total. The highest BCUT2D eigenvalue weighted by Crippen LogP contribution is 2.34. The van der Waals surface area contributed by atoms with Gasteiger partial charge in [0.15, 0.2) is 0 Å². The highest BCUT2D eigenvalue weighted by molar-refractivity contribution is 7.20. The number of aryl methyl sites for hydroxylation is 1. The molecule has 0 aromatic carbocycles. The molecule has 0 saturated carbocycles. The van der Waals surface area contributed by atoms with E-state index in [0.29, 0.717) is 15.1 Å². The number of halogens is 2. The third kappa shape index (κ3) is 2.80. The molecule has 92 valence electrons. The molecule has 1 atom stereocenters. The second kappa shape index (κ2) is 5.35. The van der Waals surface area contributed by atoms with E-state index in [1.807, 2.05) is 17.7 Å². The SMILES string of the molecule is CCn1ncnc1CC(N)c1cc(Cl)sc1Cl. The van der Waals surface area contributed by atoms with E-state index in [4.69, 9.17) is 28.9 Å². The summed E-state index contributed by atoms with van der Waals surface area (Å²) < 4.78 is 3.12. The number of thiophene rings is 1. The summed E-state index contributed by atoms with van der Waals surface area (Å²) in [5.41, 5.74) is 6.97. The number of nitrogens with zero attached hydrogens (tertiary/aromatic N) is 3. The van der Waals surface area contributed by atoms with Crippen LogP contribution >= 0.6 is 34.5 Å². The average Bonchev–Trinajstić information content (AvgIpc) is 2.84. The van der Waals surface area contributed by atoms with Gasteiger partial charge in [0.05, 0.1) is 8.67 Å². The number of hydrogen-bond donors (Lipinski definition) is 1. The van der Waals surface area contributed by atoms with Crippen LogP contribution in [0.5, 0.6) is 0 Å². The van der Waals surface area contributed by atoms with Gasteiger partial charge in [-0.2, -0.15) is 5.10 Å². The van der Waals surface area contributed by atoms with E-state index in [1.165, 1.54) is 17.7 Å². The molecule has 2 aromatic rings. The smallest absolute Gasteiger partial charge is 0.138 e. The van der Waals surface area contributed by atoms with E-state index in [1.54, 1.807) is 0 Å². The quantitative estimate of drug-likeness (QED) is 0.942. The highest BCUT2D eigenvalue weighted by Gasteiger charge is 2.16. The molecule has 0 aliphatic carbocycles. The van der Waals surface area contributed by atoms with Crippen molar-refractivity contribution in [3.8, 4) is 0 Å². The molecule has 0 aliphatic rings. The Labute approximate surface area is 113 Å². The second-order valence-corrected chi connectivity index (χ2v) is 5.87. The van der Waals surface area contributed by atoms with Gasteiger partial charge in [-0.15, -0.1) is 11.3 Å². The lowest BCUT2D eigenvalue weighted by atomic mass is 10.1. The van der Waals surface area contributed by atoms with Gasteiger partial charge in [-0.25, -0.2) is 4.98 Å². The fourth-order valence-electron chi connectivity index (χ4n) is 1.62. The van der Waals surface area contributed by atoms with Crippen molar-refractivity contribution in [2.75, 3.05) is 0 Å². The Hall–Kier alpha value is -0.620. The molecule has 17 heavy (non-hydrogen) atoms. The normalized spacial score (nSPS) is 12.9. The summed E-state index contributed by atoms with van der Waals surface area (Å²) in [4.78, 5) is 4.19. The molecule has 0 bridgehead atoms. The van der Waals surface area contributed by atoms with Crippen molar-refractivity contribution in [1.82, 2.24) is 14.8 Å². The number of rotatable bonds is 4. The van der Waals surface area contributed by atoms with Crippen LogP contribution in [-0.4, -0.2) is 14.8 Å². The van der Waals surface area contributed by atoms with Crippen molar-refractivity contribution in [3.05, 3.63) is 32.5 Å². The van der Waals surface area contributed by atoms with Gasteiger partial charge in [0, 0.05) is 24.6 Å². The summed E-state index contributed by atoms with van der Waals surface area (Å²) in [6, 6.07) is 1.60. The molecule has 2 heterocycles.